The lowest BCUT2D eigenvalue weighted by atomic mass is 10.3. The van der Waals surface area contributed by atoms with Crippen molar-refractivity contribution < 1.29 is 13.9 Å². The lowest BCUT2D eigenvalue weighted by molar-refractivity contribution is -0.122. The van der Waals surface area contributed by atoms with E-state index in [4.69, 9.17) is 4.74 Å². The second kappa shape index (κ2) is 5.80. The summed E-state index contributed by atoms with van der Waals surface area (Å²) in [4.78, 5) is 12.1. The Kier molecular flexibility index (Phi) is 3.69. The third-order valence-corrected chi connectivity index (χ3v) is 3.07. The van der Waals surface area contributed by atoms with E-state index in [9.17, 15) is 9.18 Å². The van der Waals surface area contributed by atoms with E-state index in [1.54, 1.807) is 41.8 Å². The third-order valence-electron chi connectivity index (χ3n) is 3.07. The van der Waals surface area contributed by atoms with Gasteiger partial charge in [0.25, 0.3) is 5.91 Å². The lowest BCUT2D eigenvalue weighted by Crippen LogP contribution is -2.31. The zero-order chi connectivity index (χ0) is 15.5. The van der Waals surface area contributed by atoms with Crippen molar-refractivity contribution in [2.75, 3.05) is 5.32 Å². The second-order valence-corrected chi connectivity index (χ2v) is 4.64. The van der Waals surface area contributed by atoms with Gasteiger partial charge in [-0.3, -0.25) is 9.20 Å². The normalized spacial score (nSPS) is 12.1. The Morgan fingerprint density at radius 3 is 2.82 bits per heavy atom. The maximum Gasteiger partial charge on any atom is 0.322 e. The van der Waals surface area contributed by atoms with Crippen molar-refractivity contribution in [1.29, 1.82) is 0 Å². The molecule has 0 saturated carbocycles. The van der Waals surface area contributed by atoms with Crippen LogP contribution in [0, 0.1) is 5.82 Å². The number of nitrogens with one attached hydrogen (secondary N) is 1. The van der Waals surface area contributed by atoms with Crippen LogP contribution in [-0.2, 0) is 4.79 Å². The molecule has 3 aromatic rings. The van der Waals surface area contributed by atoms with Crippen LogP contribution in [0.3, 0.4) is 0 Å². The Morgan fingerprint density at radius 1 is 1.23 bits per heavy atom. The van der Waals surface area contributed by atoms with Crippen molar-refractivity contribution in [3.8, 4) is 6.01 Å². The van der Waals surface area contributed by atoms with Crippen LogP contribution in [0.25, 0.3) is 5.65 Å². The zero-order valence-electron chi connectivity index (χ0n) is 11.7. The smallest absolute Gasteiger partial charge is 0.322 e. The number of anilines is 1. The summed E-state index contributed by atoms with van der Waals surface area (Å²) in [5, 5.41) is 10.3. The predicted molar refractivity (Wildman–Crippen MR) is 78.1 cm³/mol. The molecular formula is C15H13FN4O2. The molecule has 0 fully saturated rings. The highest BCUT2D eigenvalue weighted by atomic mass is 19.1. The average molecular weight is 300 g/mol. The first-order valence-corrected chi connectivity index (χ1v) is 6.67. The minimum absolute atomic E-state index is 0.106. The predicted octanol–water partition coefficient (Wildman–Crippen LogP) is 2.27. The number of hydrogen-bond donors (Lipinski definition) is 1. The molecule has 0 radical (unpaired) electrons. The standard InChI is InChI=1S/C15H13FN4O2/c1-10(14(21)17-12-7-3-2-6-11(12)16)22-15-19-18-13-8-4-5-9-20(13)15/h2-10H,1H3,(H,17,21)/t10-/m0/s1. The van der Waals surface area contributed by atoms with Crippen LogP contribution < -0.4 is 10.1 Å². The van der Waals surface area contributed by atoms with Crippen LogP contribution in [0.2, 0.25) is 0 Å². The number of ether oxygens (including phenoxy) is 1. The summed E-state index contributed by atoms with van der Waals surface area (Å²) in [6.07, 6.45) is 0.874. The van der Waals surface area contributed by atoms with E-state index in [-0.39, 0.29) is 11.7 Å². The highest BCUT2D eigenvalue weighted by Gasteiger charge is 2.18. The van der Waals surface area contributed by atoms with Crippen LogP contribution in [0.1, 0.15) is 6.92 Å². The molecule has 0 aliphatic rings. The summed E-state index contributed by atoms with van der Waals surface area (Å²) < 4.78 is 20.6. The molecule has 7 heteroatoms. The molecule has 0 aliphatic carbocycles. The van der Waals surface area contributed by atoms with Gasteiger partial charge in [0.2, 0.25) is 0 Å². The molecule has 1 amide bonds. The van der Waals surface area contributed by atoms with E-state index in [0.717, 1.165) is 0 Å². The molecule has 3 rings (SSSR count). The van der Waals surface area contributed by atoms with Gasteiger partial charge in [0.05, 0.1) is 5.69 Å². The number of amides is 1. The molecule has 0 unspecified atom stereocenters. The Labute approximate surface area is 125 Å². The molecule has 1 aromatic carbocycles. The van der Waals surface area contributed by atoms with E-state index in [2.05, 4.69) is 15.5 Å². The van der Waals surface area contributed by atoms with Gasteiger partial charge in [-0.1, -0.05) is 23.3 Å². The van der Waals surface area contributed by atoms with Gasteiger partial charge >= 0.3 is 6.01 Å². The van der Waals surface area contributed by atoms with Gasteiger partial charge in [-0.2, -0.15) is 0 Å². The van der Waals surface area contributed by atoms with Gasteiger partial charge in [0.1, 0.15) is 5.82 Å². The van der Waals surface area contributed by atoms with Crippen molar-refractivity contribution in [2.45, 2.75) is 13.0 Å². The first kappa shape index (κ1) is 14.0. The summed E-state index contributed by atoms with van der Waals surface area (Å²) in [5.74, 6) is -0.978. The van der Waals surface area contributed by atoms with Crippen molar-refractivity contribution in [2.24, 2.45) is 0 Å². The van der Waals surface area contributed by atoms with Gasteiger partial charge in [-0.15, -0.1) is 5.10 Å². The molecular weight excluding hydrogens is 287 g/mol. The number of carbonyl (C=O) groups is 1. The Morgan fingerprint density at radius 2 is 2.00 bits per heavy atom. The fraction of sp³-hybridized carbons (Fsp3) is 0.133. The maximum atomic E-state index is 13.5. The van der Waals surface area contributed by atoms with Gasteiger partial charge in [0.15, 0.2) is 11.8 Å². The number of halogens is 1. The number of para-hydroxylation sites is 1. The van der Waals surface area contributed by atoms with Gasteiger partial charge in [0, 0.05) is 6.20 Å². The summed E-state index contributed by atoms with van der Waals surface area (Å²) in [6, 6.07) is 11.5. The van der Waals surface area contributed by atoms with E-state index in [1.165, 1.54) is 12.1 Å². The fourth-order valence-corrected chi connectivity index (χ4v) is 1.91. The number of hydrogen-bond acceptors (Lipinski definition) is 4. The van der Waals surface area contributed by atoms with Crippen LogP contribution in [0.15, 0.2) is 48.7 Å². The van der Waals surface area contributed by atoms with Crippen LogP contribution in [0.4, 0.5) is 10.1 Å². The molecule has 6 nitrogen and oxygen atoms in total. The molecule has 1 atom stereocenters. The largest absolute Gasteiger partial charge is 0.450 e. The molecule has 0 aliphatic heterocycles. The summed E-state index contributed by atoms with van der Waals surface area (Å²) in [6.45, 7) is 1.56. The summed E-state index contributed by atoms with van der Waals surface area (Å²) in [5.41, 5.74) is 0.716. The molecule has 0 spiro atoms. The van der Waals surface area contributed by atoms with E-state index in [0.29, 0.717) is 5.65 Å². The SMILES string of the molecule is C[C@H](Oc1nnc2ccccn12)C(=O)Nc1ccccc1F. The van der Waals surface area contributed by atoms with E-state index >= 15 is 0 Å². The van der Waals surface area contributed by atoms with Gasteiger partial charge in [-0.25, -0.2) is 4.39 Å². The Hall–Kier alpha value is -2.96. The number of nitrogens with zero attached hydrogens (tertiary/aromatic N) is 3. The number of carbonyl (C=O) groups excluding carboxylic acids is 1. The maximum absolute atomic E-state index is 13.5. The van der Waals surface area contributed by atoms with E-state index in [1.807, 2.05) is 6.07 Å². The minimum atomic E-state index is -0.854. The van der Waals surface area contributed by atoms with E-state index < -0.39 is 17.8 Å². The molecule has 112 valence electrons. The van der Waals surface area contributed by atoms with Gasteiger partial charge in [-0.05, 0) is 31.2 Å². The van der Waals surface area contributed by atoms with Gasteiger partial charge < -0.3 is 10.1 Å². The Balaban J connectivity index is 1.73. The molecule has 0 bridgehead atoms. The zero-order valence-corrected chi connectivity index (χ0v) is 11.7. The Bertz CT molecular complexity index is 818. The quantitative estimate of drug-likeness (QED) is 0.802. The van der Waals surface area contributed by atoms with Crippen molar-refractivity contribution in [3.05, 3.63) is 54.5 Å². The third kappa shape index (κ3) is 2.73. The summed E-state index contributed by atoms with van der Waals surface area (Å²) >= 11 is 0. The van der Waals surface area contributed by atoms with Crippen LogP contribution >= 0.6 is 0 Å². The number of benzene rings is 1. The molecule has 0 saturated heterocycles. The first-order chi connectivity index (χ1) is 10.6. The highest BCUT2D eigenvalue weighted by molar-refractivity contribution is 5.94. The number of pyridine rings is 1. The fourth-order valence-electron chi connectivity index (χ4n) is 1.91. The molecule has 1 N–H and O–H groups in total. The summed E-state index contributed by atoms with van der Waals surface area (Å²) in [7, 11) is 0. The minimum Gasteiger partial charge on any atom is -0.450 e. The van der Waals surface area contributed by atoms with Crippen molar-refractivity contribution >= 4 is 17.2 Å². The molecule has 2 heterocycles. The number of fused-ring (bicyclic) bond motifs is 1. The number of rotatable bonds is 4. The molecule has 2 aromatic heterocycles. The molecule has 22 heavy (non-hydrogen) atoms. The monoisotopic (exact) mass is 300 g/mol. The lowest BCUT2D eigenvalue weighted by Gasteiger charge is -2.13. The average Bonchev–Trinajstić information content (AvgIpc) is 2.93. The second-order valence-electron chi connectivity index (χ2n) is 4.64. The first-order valence-electron chi connectivity index (χ1n) is 6.67. The number of aromatic nitrogens is 3. The van der Waals surface area contributed by atoms with Crippen molar-refractivity contribution in [1.82, 2.24) is 14.6 Å². The van der Waals surface area contributed by atoms with Crippen molar-refractivity contribution in [3.63, 3.8) is 0 Å². The highest BCUT2D eigenvalue weighted by Crippen LogP contribution is 2.15. The van der Waals surface area contributed by atoms with Crippen LogP contribution in [-0.4, -0.2) is 26.6 Å². The topological polar surface area (TPSA) is 68.5 Å². The van der Waals surface area contributed by atoms with Crippen LogP contribution in [0.5, 0.6) is 6.01 Å².